The van der Waals surface area contributed by atoms with E-state index in [1.54, 1.807) is 66.5 Å². The molecule has 126 heavy (non-hydrogen) atoms. The van der Waals surface area contributed by atoms with Crippen molar-refractivity contribution >= 4 is 69.4 Å². The number of aromatic nitrogens is 9. The molecule has 0 bridgehead atoms. The number of benzene rings is 2. The molecule has 10 aromatic rings. The normalized spacial score (nSPS) is 21.3. The van der Waals surface area contributed by atoms with E-state index >= 15 is 0 Å². The lowest BCUT2D eigenvalue weighted by Gasteiger charge is -2.33. The van der Waals surface area contributed by atoms with Gasteiger partial charge < -0.3 is 64.1 Å². The van der Waals surface area contributed by atoms with Crippen LogP contribution in [0.15, 0.2) is 198 Å². The van der Waals surface area contributed by atoms with Gasteiger partial charge in [0.25, 0.3) is 17.7 Å². The number of nitrogens with one attached hydrogen (secondary N) is 4. The molecular formula is C97H107N19O10. The Labute approximate surface area is 731 Å². The molecule has 4 spiro atoms. The van der Waals surface area contributed by atoms with Gasteiger partial charge in [0, 0.05) is 177 Å². The standard InChI is InChI=1S/C26H30N4O2.C25H24N6O3.C24H28N4O2.C22H25N5O3/c1-2-19-4-3-5-20(12-19)13-24(31)29-10-7-26(8-11-29)14-23(26)16-28-25(32)30-17-21-6-9-27-15-22(21)18-30;32-23(21-11-18-5-8-26-14-22(18)34-21)28-13-19-12-25(19)6-9-30(10-7-25)24(33)17-1-3-20(4-2-17)31-16-27-15-29-31;29-22(12-18-4-2-1-3-5-18)27-10-7-24(8-11-27)13-21(24)15-26-23(30)28-16-19-6-9-25-14-20(19)17-28;1-15-24-6-9-27(15)14-20(28)26-7-3-22(4-8-26)11-17(22)12-25-21(29)18-10-16-2-5-23-13-19(16)30-18/h1,3,5-6,9,12,15,19,23H,4,7-8,10-11,13-14,16-18H2,(H,28,32);1-5,8,11,14-16,19H,6-7,9-10,12-13H2,(H,28,32);1-6,9,14,21H,7-8,10-13,15-17H2,(H,26,30);2,5-6,9-10,13,17H,3-4,7-8,11-12,14H2,1H3,(H,25,29). The van der Waals surface area contributed by atoms with Crippen LogP contribution in [-0.2, 0) is 53.5 Å². The van der Waals surface area contributed by atoms with E-state index in [1.807, 2.05) is 144 Å². The van der Waals surface area contributed by atoms with E-state index in [0.717, 1.165) is 193 Å². The van der Waals surface area contributed by atoms with Crippen LogP contribution in [-0.4, -0.2) is 200 Å². The number of furan rings is 2. The van der Waals surface area contributed by atoms with E-state index < -0.39 is 0 Å². The molecule has 4 N–H and O–H groups in total. The van der Waals surface area contributed by atoms with Crippen LogP contribution >= 0.6 is 0 Å². The van der Waals surface area contributed by atoms with Crippen molar-refractivity contribution in [3.63, 3.8) is 0 Å². The molecular weight excluding hydrogens is 1590 g/mol. The Morgan fingerprint density at radius 3 is 1.41 bits per heavy atom. The summed E-state index contributed by atoms with van der Waals surface area (Å²) in [6, 6.07) is 28.6. The lowest BCUT2D eigenvalue weighted by Crippen LogP contribution is -2.41. The molecule has 10 amide bonds. The molecule has 5 aliphatic carbocycles. The first-order valence-corrected chi connectivity index (χ1v) is 44.4. The Morgan fingerprint density at radius 2 is 0.952 bits per heavy atom. The first-order chi connectivity index (χ1) is 61.3. The summed E-state index contributed by atoms with van der Waals surface area (Å²) in [6.07, 6.45) is 46.6. The number of imidazole rings is 1. The predicted octanol–water partition coefficient (Wildman–Crippen LogP) is 11.7. The van der Waals surface area contributed by atoms with E-state index in [-0.39, 0.29) is 64.3 Å². The minimum Gasteiger partial charge on any atom is -0.449 e. The van der Waals surface area contributed by atoms with Gasteiger partial charge in [-0.1, -0.05) is 54.5 Å². The predicted molar refractivity (Wildman–Crippen MR) is 468 cm³/mol. The average Bonchev–Trinajstić information content (AvgIpc) is 1.60. The zero-order valence-corrected chi connectivity index (χ0v) is 71.2. The van der Waals surface area contributed by atoms with Gasteiger partial charge in [-0.25, -0.2) is 24.2 Å². The highest BCUT2D eigenvalue weighted by Crippen LogP contribution is 2.62. The minimum atomic E-state index is -0.194. The summed E-state index contributed by atoms with van der Waals surface area (Å²) in [5.74, 6) is 6.61. The topological polar surface area (TPSA) is 330 Å². The Morgan fingerprint density at radius 1 is 0.492 bits per heavy atom. The van der Waals surface area contributed by atoms with Crippen molar-refractivity contribution in [3.05, 3.63) is 240 Å². The summed E-state index contributed by atoms with van der Waals surface area (Å²) in [5.41, 5.74) is 10.7. The summed E-state index contributed by atoms with van der Waals surface area (Å²) in [6.45, 7) is 14.0. The molecule has 650 valence electrons. The van der Waals surface area contributed by atoms with Crippen molar-refractivity contribution in [2.75, 3.05) is 78.5 Å². The molecule has 4 saturated heterocycles. The number of pyridine rings is 4. The molecule has 29 heteroatoms. The maximum absolute atomic E-state index is 13.0. The third-order valence-electron chi connectivity index (χ3n) is 28.9. The monoisotopic (exact) mass is 1700 g/mol. The van der Waals surface area contributed by atoms with Gasteiger partial charge >= 0.3 is 12.1 Å². The maximum Gasteiger partial charge on any atom is 0.318 e. The molecule has 11 aliphatic rings. The van der Waals surface area contributed by atoms with Gasteiger partial charge in [0.15, 0.2) is 22.7 Å². The van der Waals surface area contributed by atoms with E-state index in [0.29, 0.717) is 121 Å². The zero-order valence-electron chi connectivity index (χ0n) is 71.2. The van der Waals surface area contributed by atoms with Crippen molar-refractivity contribution in [3.8, 4) is 18.0 Å². The highest BCUT2D eigenvalue weighted by Gasteiger charge is 2.58. The van der Waals surface area contributed by atoms with Crippen molar-refractivity contribution in [1.82, 2.24) is 94.9 Å². The number of carbonyl (C=O) groups excluding carboxylic acids is 8. The SMILES string of the molecule is C#CC1C=C(CC(=O)N2CCC3(CC2)CC3CNC(=O)N2Cc3ccncc3C2)C=CC1.Cc1nccn1CC(=O)N1CCC2(CC1)CC2CNC(=O)c1cc2ccncc2o1.O=C(Cc1ccccc1)N1CCC2(CC1)CC2CNC(=O)N1Cc2ccncc2C1.O=C(NCC1CC12CCN(C(=O)c1ccc(-n3cncn3)cc1)CC2)c1cc2ccncc2o1. The quantitative estimate of drug-likeness (QED) is 0.0580. The van der Waals surface area contributed by atoms with Crippen LogP contribution in [0.3, 0.4) is 0 Å². The highest BCUT2D eigenvalue weighted by molar-refractivity contribution is 5.97. The van der Waals surface area contributed by atoms with E-state index in [2.05, 4.69) is 74.3 Å². The van der Waals surface area contributed by atoms with Crippen LogP contribution < -0.4 is 21.3 Å². The fraction of sp³-hybridized carbons (Fsp3) is 0.433. The Kier molecular flexibility index (Phi) is 24.1. The van der Waals surface area contributed by atoms with Gasteiger partial charge in [-0.05, 0) is 230 Å². The largest absolute Gasteiger partial charge is 0.449 e. The highest BCUT2D eigenvalue weighted by atomic mass is 16.4. The molecule has 5 atom stereocenters. The third kappa shape index (κ3) is 18.9. The number of allylic oxidation sites excluding steroid dienone is 3. The lowest BCUT2D eigenvalue weighted by atomic mass is 9.90. The summed E-state index contributed by atoms with van der Waals surface area (Å²) in [7, 11) is 0. The Hall–Kier alpha value is -13.1. The fourth-order valence-electron chi connectivity index (χ4n) is 20.3. The average molecular weight is 1700 g/mol. The summed E-state index contributed by atoms with van der Waals surface area (Å²) in [4.78, 5) is 137. The fourth-order valence-corrected chi connectivity index (χ4v) is 20.3. The van der Waals surface area contributed by atoms with E-state index in [1.165, 1.54) is 17.5 Å². The van der Waals surface area contributed by atoms with Crippen molar-refractivity contribution in [2.45, 2.75) is 136 Å². The molecule has 4 saturated carbocycles. The van der Waals surface area contributed by atoms with Crippen LogP contribution in [0, 0.1) is 70.5 Å². The van der Waals surface area contributed by atoms with Gasteiger partial charge in [-0.15, -0.1) is 6.42 Å². The number of urea groups is 2. The number of hydrogen-bond donors (Lipinski definition) is 4. The van der Waals surface area contributed by atoms with Crippen LogP contribution in [0.1, 0.15) is 155 Å². The number of fused-ring (bicyclic) bond motifs is 4. The number of terminal acetylenes is 1. The number of nitrogens with zero attached hydrogens (tertiary/aromatic N) is 15. The second-order valence-electron chi connectivity index (χ2n) is 36.3. The second-order valence-corrected chi connectivity index (χ2v) is 36.3. The van der Waals surface area contributed by atoms with Gasteiger partial charge in [0.05, 0.1) is 30.9 Å². The first kappa shape index (κ1) is 83.8. The van der Waals surface area contributed by atoms with Crippen LogP contribution in [0.5, 0.6) is 0 Å². The van der Waals surface area contributed by atoms with Crippen LogP contribution in [0.25, 0.3) is 27.6 Å². The number of aryl methyl sites for hydroxylation is 1. The molecule has 0 radical (unpaired) electrons. The van der Waals surface area contributed by atoms with Gasteiger partial charge in [0.1, 0.15) is 25.0 Å². The van der Waals surface area contributed by atoms with E-state index in [4.69, 9.17) is 15.3 Å². The number of rotatable bonds is 18. The zero-order chi connectivity index (χ0) is 86.5. The molecule has 29 nitrogen and oxygen atoms in total. The molecule has 21 rings (SSSR count). The molecule has 5 unspecified atom stereocenters. The van der Waals surface area contributed by atoms with E-state index in [9.17, 15) is 38.4 Å². The smallest absolute Gasteiger partial charge is 0.318 e. The van der Waals surface area contributed by atoms with Crippen molar-refractivity contribution in [1.29, 1.82) is 0 Å². The third-order valence-corrected chi connectivity index (χ3v) is 28.9. The Balaban J connectivity index is 0.000000114. The van der Waals surface area contributed by atoms with Gasteiger partial charge in [0.2, 0.25) is 17.7 Å². The summed E-state index contributed by atoms with van der Waals surface area (Å²) < 4.78 is 14.7. The van der Waals surface area contributed by atoms with Crippen molar-refractivity contribution in [2.24, 2.45) is 51.2 Å². The molecule has 14 heterocycles. The summed E-state index contributed by atoms with van der Waals surface area (Å²) >= 11 is 0. The van der Waals surface area contributed by atoms with Crippen molar-refractivity contribution < 1.29 is 47.2 Å². The first-order valence-electron chi connectivity index (χ1n) is 44.4. The molecule has 8 fully saturated rings. The molecule has 8 aromatic heterocycles. The summed E-state index contributed by atoms with van der Waals surface area (Å²) in [5, 5.41) is 18.2. The number of hydrogen-bond acceptors (Lipinski definition) is 17. The number of amides is 10. The minimum absolute atomic E-state index is 0.00921. The number of likely N-dealkylation sites (tertiary alicyclic amines) is 4. The Bertz CT molecular complexity index is 5660. The molecule has 6 aliphatic heterocycles. The van der Waals surface area contributed by atoms with Crippen LogP contribution in [0.4, 0.5) is 9.59 Å². The molecule has 2 aromatic carbocycles. The second kappa shape index (κ2) is 36.2. The van der Waals surface area contributed by atoms with Crippen LogP contribution in [0.2, 0.25) is 0 Å². The lowest BCUT2D eigenvalue weighted by molar-refractivity contribution is -0.134. The van der Waals surface area contributed by atoms with Gasteiger partial charge in [-0.3, -0.25) is 48.7 Å². The number of carbonyl (C=O) groups is 8. The maximum atomic E-state index is 13.0. The van der Waals surface area contributed by atoms with Gasteiger partial charge in [-0.2, -0.15) is 5.10 Å². The number of piperidine rings is 4.